The lowest BCUT2D eigenvalue weighted by Gasteiger charge is -2.34. The van der Waals surface area contributed by atoms with Crippen LogP contribution in [0.5, 0.6) is 5.75 Å². The van der Waals surface area contributed by atoms with E-state index in [1.807, 2.05) is 6.07 Å². The van der Waals surface area contributed by atoms with E-state index in [1.54, 1.807) is 7.11 Å². The summed E-state index contributed by atoms with van der Waals surface area (Å²) in [6.45, 7) is 5.84. The van der Waals surface area contributed by atoms with E-state index in [1.165, 1.54) is 5.56 Å². The summed E-state index contributed by atoms with van der Waals surface area (Å²) in [6.07, 6.45) is 1.08. The first kappa shape index (κ1) is 13.2. The SMILES string of the molecule is CCC(c1ccc(N)c(OC)c1)N1CCOCC1. The Morgan fingerprint density at radius 2 is 2.11 bits per heavy atom. The number of anilines is 1. The predicted octanol–water partition coefficient (Wildman–Crippen LogP) is 2.06. The van der Waals surface area contributed by atoms with E-state index in [0.29, 0.717) is 11.7 Å². The fourth-order valence-electron chi connectivity index (χ4n) is 2.53. The van der Waals surface area contributed by atoms with Gasteiger partial charge in [-0.1, -0.05) is 13.0 Å². The van der Waals surface area contributed by atoms with Crippen LogP contribution in [0.2, 0.25) is 0 Å². The molecule has 1 aliphatic rings. The predicted molar refractivity (Wildman–Crippen MR) is 72.8 cm³/mol. The topological polar surface area (TPSA) is 47.7 Å². The molecule has 1 aliphatic heterocycles. The molecule has 0 bridgehead atoms. The molecule has 1 aromatic carbocycles. The zero-order valence-corrected chi connectivity index (χ0v) is 11.2. The normalized spacial score (nSPS) is 18.6. The van der Waals surface area contributed by atoms with Crippen molar-refractivity contribution >= 4 is 5.69 Å². The number of nitrogen functional groups attached to an aromatic ring is 1. The van der Waals surface area contributed by atoms with E-state index in [0.717, 1.165) is 38.5 Å². The molecule has 18 heavy (non-hydrogen) atoms. The number of nitrogens with two attached hydrogens (primary N) is 1. The molecule has 0 aromatic heterocycles. The van der Waals surface area contributed by atoms with Gasteiger partial charge < -0.3 is 15.2 Å². The molecule has 1 saturated heterocycles. The first-order chi connectivity index (χ1) is 8.76. The summed E-state index contributed by atoms with van der Waals surface area (Å²) >= 11 is 0. The highest BCUT2D eigenvalue weighted by atomic mass is 16.5. The quantitative estimate of drug-likeness (QED) is 0.831. The van der Waals surface area contributed by atoms with E-state index in [-0.39, 0.29) is 0 Å². The summed E-state index contributed by atoms with van der Waals surface area (Å²) < 4.78 is 10.7. The van der Waals surface area contributed by atoms with Gasteiger partial charge in [0.25, 0.3) is 0 Å². The molecule has 1 unspecified atom stereocenters. The van der Waals surface area contributed by atoms with Gasteiger partial charge in [0.1, 0.15) is 5.75 Å². The van der Waals surface area contributed by atoms with Gasteiger partial charge in [0.2, 0.25) is 0 Å². The molecule has 4 nitrogen and oxygen atoms in total. The standard InChI is InChI=1S/C14H22N2O2/c1-3-13(16-6-8-18-9-7-16)11-4-5-12(15)14(10-11)17-2/h4-5,10,13H,3,6-9,15H2,1-2H3. The lowest BCUT2D eigenvalue weighted by atomic mass is 10.0. The average molecular weight is 250 g/mol. The summed E-state index contributed by atoms with van der Waals surface area (Å²) in [5.74, 6) is 0.763. The summed E-state index contributed by atoms with van der Waals surface area (Å²) in [7, 11) is 1.66. The lowest BCUT2D eigenvalue weighted by Crippen LogP contribution is -2.38. The minimum atomic E-state index is 0.420. The van der Waals surface area contributed by atoms with Crippen LogP contribution in [0.1, 0.15) is 24.9 Å². The summed E-state index contributed by atoms with van der Waals surface area (Å²) in [6, 6.07) is 6.50. The van der Waals surface area contributed by atoms with E-state index >= 15 is 0 Å². The van der Waals surface area contributed by atoms with Crippen LogP contribution in [-0.4, -0.2) is 38.3 Å². The summed E-state index contributed by atoms with van der Waals surface area (Å²) in [5, 5.41) is 0. The second-order valence-electron chi connectivity index (χ2n) is 4.57. The molecule has 0 amide bonds. The number of ether oxygens (including phenoxy) is 2. The van der Waals surface area contributed by atoms with Crippen LogP contribution in [0, 0.1) is 0 Å². The van der Waals surface area contributed by atoms with E-state index < -0.39 is 0 Å². The fourth-order valence-corrected chi connectivity index (χ4v) is 2.53. The second-order valence-corrected chi connectivity index (χ2v) is 4.57. The van der Waals surface area contributed by atoms with Crippen molar-refractivity contribution in [3.05, 3.63) is 23.8 Å². The van der Waals surface area contributed by atoms with Crippen molar-refractivity contribution in [2.45, 2.75) is 19.4 Å². The number of hydrogen-bond acceptors (Lipinski definition) is 4. The van der Waals surface area contributed by atoms with Crippen LogP contribution in [0.3, 0.4) is 0 Å². The van der Waals surface area contributed by atoms with Gasteiger partial charge in [-0.2, -0.15) is 0 Å². The van der Waals surface area contributed by atoms with E-state index in [2.05, 4.69) is 24.0 Å². The Kier molecular flexibility index (Phi) is 4.44. The van der Waals surface area contributed by atoms with Crippen molar-refractivity contribution in [2.75, 3.05) is 39.1 Å². The largest absolute Gasteiger partial charge is 0.495 e. The molecule has 0 saturated carbocycles. The van der Waals surface area contributed by atoms with Crippen molar-refractivity contribution < 1.29 is 9.47 Å². The van der Waals surface area contributed by atoms with Gasteiger partial charge in [-0.15, -0.1) is 0 Å². The Morgan fingerprint density at radius 1 is 1.39 bits per heavy atom. The van der Waals surface area contributed by atoms with Gasteiger partial charge in [0, 0.05) is 19.1 Å². The zero-order valence-electron chi connectivity index (χ0n) is 11.2. The number of benzene rings is 1. The van der Waals surface area contributed by atoms with Crippen molar-refractivity contribution in [1.29, 1.82) is 0 Å². The maximum atomic E-state index is 5.86. The van der Waals surface area contributed by atoms with Crippen LogP contribution in [0.25, 0.3) is 0 Å². The van der Waals surface area contributed by atoms with Gasteiger partial charge in [-0.3, -0.25) is 4.90 Å². The minimum absolute atomic E-state index is 0.420. The van der Waals surface area contributed by atoms with E-state index in [4.69, 9.17) is 15.2 Å². The van der Waals surface area contributed by atoms with Gasteiger partial charge in [-0.05, 0) is 24.1 Å². The number of methoxy groups -OCH3 is 1. The van der Waals surface area contributed by atoms with E-state index in [9.17, 15) is 0 Å². The first-order valence-electron chi connectivity index (χ1n) is 6.51. The van der Waals surface area contributed by atoms with Gasteiger partial charge in [-0.25, -0.2) is 0 Å². The molecule has 0 spiro atoms. The van der Waals surface area contributed by atoms with Crippen LogP contribution in [0.15, 0.2) is 18.2 Å². The maximum Gasteiger partial charge on any atom is 0.142 e. The molecule has 0 radical (unpaired) electrons. The molecular weight excluding hydrogens is 228 g/mol. The maximum absolute atomic E-state index is 5.86. The van der Waals surface area contributed by atoms with Crippen molar-refractivity contribution in [2.24, 2.45) is 0 Å². The monoisotopic (exact) mass is 250 g/mol. The van der Waals surface area contributed by atoms with Gasteiger partial charge in [0.15, 0.2) is 0 Å². The average Bonchev–Trinajstić information content (AvgIpc) is 2.42. The number of morpholine rings is 1. The third-order valence-electron chi connectivity index (χ3n) is 3.52. The van der Waals surface area contributed by atoms with Crippen LogP contribution >= 0.6 is 0 Å². The molecule has 1 atom stereocenters. The molecular formula is C14H22N2O2. The Balaban J connectivity index is 2.20. The third-order valence-corrected chi connectivity index (χ3v) is 3.52. The smallest absolute Gasteiger partial charge is 0.142 e. The fraction of sp³-hybridized carbons (Fsp3) is 0.571. The lowest BCUT2D eigenvalue weighted by molar-refractivity contribution is 0.0152. The summed E-state index contributed by atoms with van der Waals surface area (Å²) in [5.41, 5.74) is 7.82. The van der Waals surface area contributed by atoms with Crippen LogP contribution in [0.4, 0.5) is 5.69 Å². The number of nitrogens with zero attached hydrogens (tertiary/aromatic N) is 1. The van der Waals surface area contributed by atoms with Gasteiger partial charge >= 0.3 is 0 Å². The highest BCUT2D eigenvalue weighted by Crippen LogP contribution is 2.30. The van der Waals surface area contributed by atoms with Crippen LogP contribution in [-0.2, 0) is 4.74 Å². The van der Waals surface area contributed by atoms with Crippen molar-refractivity contribution in [3.63, 3.8) is 0 Å². The third kappa shape index (κ3) is 2.76. The Bertz CT molecular complexity index is 389. The molecule has 1 aromatic rings. The Labute approximate surface area is 109 Å². The van der Waals surface area contributed by atoms with Crippen LogP contribution < -0.4 is 10.5 Å². The first-order valence-corrected chi connectivity index (χ1v) is 6.51. The van der Waals surface area contributed by atoms with Crippen molar-refractivity contribution in [1.82, 2.24) is 4.90 Å². The second kappa shape index (κ2) is 6.07. The molecule has 1 fully saturated rings. The highest BCUT2D eigenvalue weighted by molar-refractivity contribution is 5.54. The summed E-state index contributed by atoms with van der Waals surface area (Å²) in [4.78, 5) is 2.47. The molecule has 2 N–H and O–H groups in total. The zero-order chi connectivity index (χ0) is 13.0. The molecule has 100 valence electrons. The van der Waals surface area contributed by atoms with Gasteiger partial charge in [0.05, 0.1) is 26.0 Å². The number of rotatable bonds is 4. The molecule has 1 heterocycles. The molecule has 0 aliphatic carbocycles. The Hall–Kier alpha value is -1.26. The molecule has 4 heteroatoms. The van der Waals surface area contributed by atoms with Crippen molar-refractivity contribution in [3.8, 4) is 5.75 Å². The minimum Gasteiger partial charge on any atom is -0.495 e. The molecule has 2 rings (SSSR count). The highest BCUT2D eigenvalue weighted by Gasteiger charge is 2.21. The Morgan fingerprint density at radius 3 is 2.72 bits per heavy atom. The number of hydrogen-bond donors (Lipinski definition) is 1.